The smallest absolute Gasteiger partial charge is 0.254 e. The number of hydrogen-bond donors (Lipinski definition) is 4. The number of carbonyl (C=O) groups excluding carboxylic acids is 1. The Hall–Kier alpha value is -2.34. The van der Waals surface area contributed by atoms with E-state index in [2.05, 4.69) is 20.3 Å². The Morgan fingerprint density at radius 1 is 1.24 bits per heavy atom. The maximum atomic E-state index is 12.6. The zero-order chi connectivity index (χ0) is 17.6. The molecule has 2 aliphatic heterocycles. The molecule has 1 unspecified atom stereocenters. The Morgan fingerprint density at radius 2 is 2.00 bits per heavy atom. The van der Waals surface area contributed by atoms with Crippen LogP contribution in [0.4, 0.5) is 5.82 Å². The number of rotatable bonds is 2. The highest BCUT2D eigenvalue weighted by Gasteiger charge is 2.49. The van der Waals surface area contributed by atoms with E-state index < -0.39 is 24.5 Å². The van der Waals surface area contributed by atoms with Crippen molar-refractivity contribution in [1.82, 2.24) is 29.7 Å². The number of amides is 1. The van der Waals surface area contributed by atoms with Crippen LogP contribution in [-0.4, -0.2) is 85.0 Å². The van der Waals surface area contributed by atoms with Gasteiger partial charge >= 0.3 is 0 Å². The van der Waals surface area contributed by atoms with Gasteiger partial charge in [0.25, 0.3) is 5.91 Å². The average molecular weight is 349 g/mol. The number of nitrogens with two attached hydrogens (primary N) is 1. The van der Waals surface area contributed by atoms with Crippen LogP contribution in [0.5, 0.6) is 0 Å². The van der Waals surface area contributed by atoms with Crippen molar-refractivity contribution in [2.75, 3.05) is 31.9 Å². The number of nitrogens with zero attached hydrogens (tertiary/aromatic N) is 5. The summed E-state index contributed by atoms with van der Waals surface area (Å²) in [4.78, 5) is 26.3. The molecule has 0 spiro atoms. The highest BCUT2D eigenvalue weighted by atomic mass is 16.6. The lowest BCUT2D eigenvalue weighted by atomic mass is 10.1. The van der Waals surface area contributed by atoms with Gasteiger partial charge in [-0.25, -0.2) is 15.0 Å². The van der Waals surface area contributed by atoms with Crippen LogP contribution < -0.4 is 11.1 Å². The van der Waals surface area contributed by atoms with Crippen LogP contribution in [0.3, 0.4) is 0 Å². The minimum atomic E-state index is -1.34. The van der Waals surface area contributed by atoms with Gasteiger partial charge in [0.15, 0.2) is 23.8 Å². The summed E-state index contributed by atoms with van der Waals surface area (Å²) in [6, 6.07) is 0. The molecular weight excluding hydrogens is 330 g/mol. The van der Waals surface area contributed by atoms with Crippen molar-refractivity contribution < 1.29 is 19.7 Å². The molecule has 2 aromatic heterocycles. The lowest BCUT2D eigenvalue weighted by Crippen LogP contribution is -2.52. The van der Waals surface area contributed by atoms with Crippen molar-refractivity contribution in [3.63, 3.8) is 0 Å². The van der Waals surface area contributed by atoms with Gasteiger partial charge in [0.2, 0.25) is 0 Å². The molecule has 0 aromatic carbocycles. The number of hydrogen-bond acceptors (Lipinski definition) is 9. The number of piperazine rings is 1. The molecule has 134 valence electrons. The van der Waals surface area contributed by atoms with Crippen LogP contribution in [0.15, 0.2) is 12.7 Å². The number of imidazole rings is 1. The summed E-state index contributed by atoms with van der Waals surface area (Å²) in [7, 11) is 0. The number of ether oxygens (including phenoxy) is 1. The first-order valence-corrected chi connectivity index (χ1v) is 8.02. The summed E-state index contributed by atoms with van der Waals surface area (Å²) in [6.45, 7) is 2.43. The van der Waals surface area contributed by atoms with Crippen LogP contribution in [0.1, 0.15) is 6.23 Å². The standard InChI is InChI=1S/C14H19N7O4/c15-11-7-12(18-5-17-11)21(6-19-7)14-9(23)8(22)10(25-14)13(24)20-3-1-16-2-4-20/h5-6,8-10,14,16,22-23H,1-4H2,(H2,15,17,18)/t8-,9+,10-,14?/m0/s1. The summed E-state index contributed by atoms with van der Waals surface area (Å²) >= 11 is 0. The van der Waals surface area contributed by atoms with Gasteiger partial charge in [-0.15, -0.1) is 0 Å². The molecule has 2 saturated heterocycles. The molecule has 25 heavy (non-hydrogen) atoms. The van der Waals surface area contributed by atoms with E-state index in [0.29, 0.717) is 37.3 Å². The minimum Gasteiger partial charge on any atom is -0.387 e. The Labute approximate surface area is 142 Å². The second-order valence-corrected chi connectivity index (χ2v) is 6.09. The summed E-state index contributed by atoms with van der Waals surface area (Å²) in [5, 5.41) is 23.9. The first-order chi connectivity index (χ1) is 12.1. The largest absolute Gasteiger partial charge is 0.387 e. The number of nitrogens with one attached hydrogen (secondary N) is 1. The molecular formula is C14H19N7O4. The first kappa shape index (κ1) is 16.1. The molecule has 2 aromatic rings. The van der Waals surface area contributed by atoms with Gasteiger partial charge in [0.1, 0.15) is 24.1 Å². The van der Waals surface area contributed by atoms with Gasteiger partial charge in [-0.1, -0.05) is 0 Å². The van der Waals surface area contributed by atoms with Crippen molar-refractivity contribution in [3.8, 4) is 0 Å². The Kier molecular flexibility index (Phi) is 4.00. The van der Waals surface area contributed by atoms with Gasteiger partial charge in [0, 0.05) is 26.2 Å². The number of fused-ring (bicyclic) bond motifs is 1. The fourth-order valence-corrected chi connectivity index (χ4v) is 3.21. The van der Waals surface area contributed by atoms with Crippen LogP contribution >= 0.6 is 0 Å². The predicted octanol–water partition coefficient (Wildman–Crippen LogP) is -2.54. The molecule has 1 amide bonds. The van der Waals surface area contributed by atoms with E-state index in [0.717, 1.165) is 0 Å². The molecule has 11 heteroatoms. The second kappa shape index (κ2) is 6.19. The molecule has 0 saturated carbocycles. The Balaban J connectivity index is 1.61. The van der Waals surface area contributed by atoms with Crippen molar-refractivity contribution in [2.24, 2.45) is 0 Å². The maximum Gasteiger partial charge on any atom is 0.254 e. The van der Waals surface area contributed by atoms with Crippen molar-refractivity contribution in [1.29, 1.82) is 0 Å². The van der Waals surface area contributed by atoms with E-state index in [-0.39, 0.29) is 11.7 Å². The zero-order valence-corrected chi connectivity index (χ0v) is 13.3. The summed E-state index contributed by atoms with van der Waals surface area (Å²) in [6.07, 6.45) is -2.11. The SMILES string of the molecule is Nc1ncnc2c1ncn2C1O[C@H](C(=O)N2CCNCC2)[C@@H](O)[C@H]1O. The number of nitrogen functional groups attached to an aromatic ring is 1. The van der Waals surface area contributed by atoms with E-state index >= 15 is 0 Å². The number of aliphatic hydroxyl groups is 2. The van der Waals surface area contributed by atoms with E-state index in [4.69, 9.17) is 10.5 Å². The molecule has 5 N–H and O–H groups in total. The van der Waals surface area contributed by atoms with Crippen molar-refractivity contribution in [2.45, 2.75) is 24.5 Å². The quantitative estimate of drug-likeness (QED) is 0.459. The summed E-state index contributed by atoms with van der Waals surface area (Å²) in [5.41, 5.74) is 6.48. The van der Waals surface area contributed by atoms with Gasteiger partial charge in [-0.2, -0.15) is 0 Å². The number of carbonyl (C=O) groups is 1. The third kappa shape index (κ3) is 2.61. The lowest BCUT2D eigenvalue weighted by molar-refractivity contribution is -0.149. The highest BCUT2D eigenvalue weighted by molar-refractivity contribution is 5.83. The maximum absolute atomic E-state index is 12.6. The molecule has 0 radical (unpaired) electrons. The normalized spacial score (nSPS) is 30.1. The molecule has 2 fully saturated rings. The van der Waals surface area contributed by atoms with Crippen LogP contribution in [-0.2, 0) is 9.53 Å². The topological polar surface area (TPSA) is 152 Å². The summed E-state index contributed by atoms with van der Waals surface area (Å²) < 4.78 is 7.15. The predicted molar refractivity (Wildman–Crippen MR) is 85.1 cm³/mol. The Morgan fingerprint density at radius 3 is 2.76 bits per heavy atom. The summed E-state index contributed by atoms with van der Waals surface area (Å²) in [5.74, 6) is -0.140. The minimum absolute atomic E-state index is 0.199. The molecule has 4 atom stereocenters. The third-order valence-corrected chi connectivity index (χ3v) is 4.57. The number of aliphatic hydroxyl groups excluding tert-OH is 2. The van der Waals surface area contributed by atoms with Gasteiger partial charge in [-0.3, -0.25) is 9.36 Å². The monoisotopic (exact) mass is 349 g/mol. The van der Waals surface area contributed by atoms with E-state index in [1.807, 2.05) is 0 Å². The van der Waals surface area contributed by atoms with Crippen LogP contribution in [0.25, 0.3) is 11.2 Å². The fraction of sp³-hybridized carbons (Fsp3) is 0.571. The van der Waals surface area contributed by atoms with Gasteiger partial charge in [0.05, 0.1) is 6.33 Å². The van der Waals surface area contributed by atoms with Gasteiger partial charge in [-0.05, 0) is 0 Å². The molecule has 11 nitrogen and oxygen atoms in total. The Bertz CT molecular complexity index is 791. The number of aromatic nitrogens is 4. The second-order valence-electron chi connectivity index (χ2n) is 6.09. The fourth-order valence-electron chi connectivity index (χ4n) is 3.21. The number of anilines is 1. The van der Waals surface area contributed by atoms with Gasteiger partial charge < -0.3 is 30.9 Å². The first-order valence-electron chi connectivity index (χ1n) is 8.02. The molecule has 4 rings (SSSR count). The van der Waals surface area contributed by atoms with E-state index in [9.17, 15) is 15.0 Å². The highest BCUT2D eigenvalue weighted by Crippen LogP contribution is 2.32. The lowest BCUT2D eigenvalue weighted by Gasteiger charge is -2.30. The average Bonchev–Trinajstić information content (AvgIpc) is 3.18. The van der Waals surface area contributed by atoms with Crippen LogP contribution in [0.2, 0.25) is 0 Å². The van der Waals surface area contributed by atoms with Crippen LogP contribution in [0, 0.1) is 0 Å². The third-order valence-electron chi connectivity index (χ3n) is 4.57. The molecule has 2 aliphatic rings. The molecule has 0 bridgehead atoms. The van der Waals surface area contributed by atoms with E-state index in [1.54, 1.807) is 4.90 Å². The molecule has 0 aliphatic carbocycles. The molecule has 4 heterocycles. The zero-order valence-electron chi connectivity index (χ0n) is 13.3. The van der Waals surface area contributed by atoms with Crippen molar-refractivity contribution in [3.05, 3.63) is 12.7 Å². The van der Waals surface area contributed by atoms with E-state index in [1.165, 1.54) is 17.2 Å². The van der Waals surface area contributed by atoms with Crippen molar-refractivity contribution >= 4 is 22.9 Å².